The van der Waals surface area contributed by atoms with Crippen molar-refractivity contribution >= 4 is 23.8 Å². The molecule has 4 N–H and O–H groups in total. The van der Waals surface area contributed by atoms with Crippen molar-refractivity contribution < 1.29 is 86.6 Å². The standard InChI is InChI=1S/C32H58N4O18/c33-36-34-5-10-45-12-14-47-16-18-49-20-22-51-24-23-50-21-19-48-17-15-46-13-11-44-6-1-28(37)35-32(25-52-7-2-29(38)39,26-53-8-3-30(40)41)27-54-9-4-31(42)43/h1-27H2,(H,35,37)(H,38,39)(H,40,41)(H,42,43). The molecule has 0 aromatic carbocycles. The number of ether oxygens (including phenoxy) is 11. The molecule has 0 aromatic rings. The van der Waals surface area contributed by atoms with E-state index in [1.807, 2.05) is 0 Å². The van der Waals surface area contributed by atoms with Crippen molar-refractivity contribution in [2.75, 3.05) is 152 Å². The average molecular weight is 787 g/mol. The molecule has 0 radical (unpaired) electrons. The van der Waals surface area contributed by atoms with Crippen LogP contribution in [0.3, 0.4) is 0 Å². The molecule has 0 rings (SSSR count). The third kappa shape index (κ3) is 37.1. The van der Waals surface area contributed by atoms with E-state index in [2.05, 4.69) is 15.3 Å². The Hall–Kier alpha value is -3.25. The molecule has 0 aliphatic rings. The van der Waals surface area contributed by atoms with Gasteiger partial charge in [-0.3, -0.25) is 19.2 Å². The van der Waals surface area contributed by atoms with Gasteiger partial charge in [-0.25, -0.2) is 0 Å². The van der Waals surface area contributed by atoms with Gasteiger partial charge in [-0.2, -0.15) is 0 Å². The highest BCUT2D eigenvalue weighted by Gasteiger charge is 2.34. The molecule has 0 bridgehead atoms. The van der Waals surface area contributed by atoms with Gasteiger partial charge in [0.25, 0.3) is 0 Å². The Kier molecular flexibility index (Phi) is 35.8. The number of rotatable bonds is 43. The molecular formula is C32H58N4O18. The first kappa shape index (κ1) is 50.8. The van der Waals surface area contributed by atoms with Gasteiger partial charge < -0.3 is 72.7 Å². The minimum Gasteiger partial charge on any atom is -0.481 e. The Bertz CT molecular complexity index is 950. The van der Waals surface area contributed by atoms with Crippen LogP contribution in [0.1, 0.15) is 25.7 Å². The van der Waals surface area contributed by atoms with E-state index >= 15 is 0 Å². The minimum absolute atomic E-state index is 0.0461. The van der Waals surface area contributed by atoms with Crippen LogP contribution in [0.25, 0.3) is 10.4 Å². The molecule has 314 valence electrons. The topological polar surface area (TPSA) is 291 Å². The van der Waals surface area contributed by atoms with E-state index in [4.69, 9.17) is 73.0 Å². The Labute approximate surface area is 314 Å². The maximum absolute atomic E-state index is 12.8. The highest BCUT2D eigenvalue weighted by Crippen LogP contribution is 2.11. The molecule has 54 heavy (non-hydrogen) atoms. The van der Waals surface area contributed by atoms with Gasteiger partial charge in [-0.1, -0.05) is 5.11 Å². The molecule has 0 atom stereocenters. The maximum Gasteiger partial charge on any atom is 0.305 e. The van der Waals surface area contributed by atoms with E-state index in [1.54, 1.807) is 0 Å². The number of carbonyl (C=O) groups excluding carboxylic acids is 1. The summed E-state index contributed by atoms with van der Waals surface area (Å²) in [6, 6.07) is 0. The van der Waals surface area contributed by atoms with Crippen molar-refractivity contribution in [3.8, 4) is 0 Å². The number of hydrogen-bond donors (Lipinski definition) is 4. The van der Waals surface area contributed by atoms with Crippen molar-refractivity contribution in [3.05, 3.63) is 10.4 Å². The molecule has 0 unspecified atom stereocenters. The third-order valence-electron chi connectivity index (χ3n) is 6.40. The summed E-state index contributed by atoms with van der Waals surface area (Å²) < 4.78 is 59.6. The molecule has 22 heteroatoms. The number of azide groups is 1. The number of hydrogen-bond acceptors (Lipinski definition) is 16. The molecule has 0 saturated heterocycles. The summed E-state index contributed by atoms with van der Waals surface area (Å²) in [5, 5.41) is 32.8. The number of nitrogens with one attached hydrogen (secondary N) is 1. The van der Waals surface area contributed by atoms with Crippen LogP contribution in [-0.4, -0.2) is 197 Å². The minimum atomic E-state index is -1.35. The van der Waals surface area contributed by atoms with Crippen LogP contribution in [0.2, 0.25) is 0 Å². The van der Waals surface area contributed by atoms with Gasteiger partial charge in [-0.15, -0.1) is 0 Å². The second-order valence-electron chi connectivity index (χ2n) is 11.0. The van der Waals surface area contributed by atoms with Crippen molar-refractivity contribution in [3.63, 3.8) is 0 Å². The number of nitrogens with zero attached hydrogens (tertiary/aromatic N) is 3. The van der Waals surface area contributed by atoms with Gasteiger partial charge in [-0.05, 0) is 5.53 Å². The Morgan fingerprint density at radius 1 is 0.444 bits per heavy atom. The summed E-state index contributed by atoms with van der Waals surface area (Å²) in [6.45, 7) is 4.89. The lowest BCUT2D eigenvalue weighted by Gasteiger charge is -2.34. The van der Waals surface area contributed by atoms with Crippen molar-refractivity contribution in [2.24, 2.45) is 5.11 Å². The Balaban J connectivity index is 3.99. The van der Waals surface area contributed by atoms with Crippen molar-refractivity contribution in [1.29, 1.82) is 0 Å². The van der Waals surface area contributed by atoms with Gasteiger partial charge in [0.1, 0.15) is 5.54 Å². The van der Waals surface area contributed by atoms with E-state index in [-0.39, 0.29) is 85.1 Å². The lowest BCUT2D eigenvalue weighted by Crippen LogP contribution is -2.59. The molecule has 0 fully saturated rings. The van der Waals surface area contributed by atoms with E-state index in [9.17, 15) is 19.2 Å². The normalized spacial score (nSPS) is 11.3. The van der Waals surface area contributed by atoms with Gasteiger partial charge in [0.2, 0.25) is 5.91 Å². The first-order valence-corrected chi connectivity index (χ1v) is 17.5. The largest absolute Gasteiger partial charge is 0.481 e. The fraction of sp³-hybridized carbons (Fsp3) is 0.875. The van der Waals surface area contributed by atoms with E-state index in [0.717, 1.165) is 0 Å². The number of carbonyl (C=O) groups is 4. The lowest BCUT2D eigenvalue weighted by atomic mass is 10.0. The molecule has 0 saturated carbocycles. The van der Waals surface area contributed by atoms with Crippen LogP contribution in [0, 0.1) is 0 Å². The highest BCUT2D eigenvalue weighted by molar-refractivity contribution is 5.77. The van der Waals surface area contributed by atoms with Gasteiger partial charge in [0.15, 0.2) is 0 Å². The predicted octanol–water partition coefficient (Wildman–Crippen LogP) is 0.149. The molecular weight excluding hydrogens is 728 g/mol. The van der Waals surface area contributed by atoms with Gasteiger partial charge in [0.05, 0.1) is 165 Å². The zero-order valence-electron chi connectivity index (χ0n) is 30.9. The zero-order valence-corrected chi connectivity index (χ0v) is 30.9. The van der Waals surface area contributed by atoms with Crippen LogP contribution in [0.5, 0.6) is 0 Å². The number of carboxylic acid groups (broad SMARTS) is 3. The number of amides is 1. The SMILES string of the molecule is [N-]=[N+]=NCCOCCOCCOCCOCCOCCOCCOCCOCCC(=O)NC(COCCC(=O)O)(COCCC(=O)O)COCCC(=O)O. The molecule has 0 aliphatic carbocycles. The first-order valence-electron chi connectivity index (χ1n) is 17.5. The van der Waals surface area contributed by atoms with Crippen LogP contribution < -0.4 is 5.32 Å². The van der Waals surface area contributed by atoms with Gasteiger partial charge >= 0.3 is 17.9 Å². The first-order chi connectivity index (χ1) is 26.2. The highest BCUT2D eigenvalue weighted by atomic mass is 16.6. The number of aliphatic carboxylic acids is 3. The molecule has 0 aliphatic heterocycles. The molecule has 0 aromatic heterocycles. The third-order valence-corrected chi connectivity index (χ3v) is 6.40. The number of carboxylic acids is 3. The maximum atomic E-state index is 12.8. The van der Waals surface area contributed by atoms with Crippen LogP contribution in [-0.2, 0) is 71.3 Å². The Morgan fingerprint density at radius 2 is 0.722 bits per heavy atom. The average Bonchev–Trinajstić information content (AvgIpc) is 3.13. The summed E-state index contributed by atoms with van der Waals surface area (Å²) in [6.07, 6.45) is -0.956. The fourth-order valence-electron chi connectivity index (χ4n) is 3.83. The fourth-order valence-corrected chi connectivity index (χ4v) is 3.83. The second-order valence-corrected chi connectivity index (χ2v) is 11.0. The zero-order chi connectivity index (χ0) is 39.8. The summed E-state index contributed by atoms with van der Waals surface area (Å²) in [4.78, 5) is 48.1. The van der Waals surface area contributed by atoms with Crippen molar-refractivity contribution in [2.45, 2.75) is 31.2 Å². The van der Waals surface area contributed by atoms with E-state index in [0.29, 0.717) is 92.4 Å². The molecule has 0 heterocycles. The van der Waals surface area contributed by atoms with Gasteiger partial charge in [0, 0.05) is 17.9 Å². The van der Waals surface area contributed by atoms with Crippen molar-refractivity contribution in [1.82, 2.24) is 5.32 Å². The molecule has 22 nitrogen and oxygen atoms in total. The summed E-state index contributed by atoms with van der Waals surface area (Å²) in [5.41, 5.74) is 6.80. The van der Waals surface area contributed by atoms with E-state index in [1.165, 1.54) is 0 Å². The smallest absolute Gasteiger partial charge is 0.305 e. The summed E-state index contributed by atoms with van der Waals surface area (Å²) in [7, 11) is 0. The summed E-state index contributed by atoms with van der Waals surface area (Å²) >= 11 is 0. The summed E-state index contributed by atoms with van der Waals surface area (Å²) in [5.74, 6) is -3.74. The monoisotopic (exact) mass is 786 g/mol. The molecule has 1 amide bonds. The van der Waals surface area contributed by atoms with Crippen LogP contribution in [0.4, 0.5) is 0 Å². The van der Waals surface area contributed by atoms with Crippen LogP contribution >= 0.6 is 0 Å². The quantitative estimate of drug-likeness (QED) is 0.0277. The second kappa shape index (κ2) is 38.0. The lowest BCUT2D eigenvalue weighted by molar-refractivity contribution is -0.140. The molecule has 0 spiro atoms. The predicted molar refractivity (Wildman–Crippen MR) is 185 cm³/mol. The van der Waals surface area contributed by atoms with Crippen LogP contribution in [0.15, 0.2) is 5.11 Å². The van der Waals surface area contributed by atoms with E-state index < -0.39 is 29.4 Å². The Morgan fingerprint density at radius 3 is 1.02 bits per heavy atom.